The normalized spacial score (nSPS) is 13.3. The monoisotopic (exact) mass is 409 g/mol. The minimum Gasteiger partial charge on any atom is -0.450 e. The first kappa shape index (κ1) is 18.7. The van der Waals surface area contributed by atoms with Gasteiger partial charge in [-0.15, -0.1) is 0 Å². The van der Waals surface area contributed by atoms with Crippen LogP contribution in [0.25, 0.3) is 22.5 Å². The molecule has 2 heterocycles. The Bertz CT molecular complexity index is 1160. The molecule has 1 aromatic heterocycles. The Morgan fingerprint density at radius 1 is 1.21 bits per heavy atom. The van der Waals surface area contributed by atoms with E-state index in [1.54, 1.807) is 30.3 Å². The van der Waals surface area contributed by atoms with Crippen LogP contribution in [-0.2, 0) is 4.79 Å². The van der Waals surface area contributed by atoms with Crippen LogP contribution in [0.2, 0.25) is 5.02 Å². The summed E-state index contributed by atoms with van der Waals surface area (Å²) in [5.41, 5.74) is 1.83. The van der Waals surface area contributed by atoms with Crippen LogP contribution in [0, 0.1) is 17.1 Å². The standard InChI is InChI=1S/C21H13ClFN3O3/c22-15-5-14(6-16(23)7-15)17-8-18(21(28)26-10-19(27)25-11-26)29-20(17)13-3-1-2-12(4-13)9-24/h1-8H,10-11H2,(H,25,27). The van der Waals surface area contributed by atoms with Crippen LogP contribution >= 0.6 is 11.6 Å². The molecule has 0 radical (unpaired) electrons. The molecule has 29 heavy (non-hydrogen) atoms. The molecule has 1 N–H and O–H groups in total. The molecule has 1 aliphatic rings. The lowest BCUT2D eigenvalue weighted by Crippen LogP contribution is -2.29. The Morgan fingerprint density at radius 2 is 2.03 bits per heavy atom. The molecule has 1 fully saturated rings. The summed E-state index contributed by atoms with van der Waals surface area (Å²) < 4.78 is 19.8. The second kappa shape index (κ2) is 7.41. The van der Waals surface area contributed by atoms with Crippen LogP contribution in [0.3, 0.4) is 0 Å². The van der Waals surface area contributed by atoms with Crippen molar-refractivity contribution in [3.8, 4) is 28.5 Å². The van der Waals surface area contributed by atoms with Gasteiger partial charge < -0.3 is 14.6 Å². The molecular formula is C21H13ClFN3O3. The number of hydrogen-bond acceptors (Lipinski definition) is 4. The van der Waals surface area contributed by atoms with Gasteiger partial charge in [0.15, 0.2) is 5.76 Å². The number of benzene rings is 2. The van der Waals surface area contributed by atoms with Crippen molar-refractivity contribution < 1.29 is 18.4 Å². The van der Waals surface area contributed by atoms with E-state index in [4.69, 9.17) is 16.0 Å². The minimum atomic E-state index is -0.535. The molecule has 144 valence electrons. The maximum Gasteiger partial charge on any atom is 0.291 e. The maximum atomic E-state index is 13.9. The van der Waals surface area contributed by atoms with E-state index < -0.39 is 11.7 Å². The molecule has 3 aromatic rings. The van der Waals surface area contributed by atoms with Crippen LogP contribution in [0.5, 0.6) is 0 Å². The molecule has 2 amide bonds. The fraction of sp³-hybridized carbons (Fsp3) is 0.0952. The van der Waals surface area contributed by atoms with Crippen LogP contribution in [0.15, 0.2) is 52.9 Å². The number of carbonyl (C=O) groups is 2. The van der Waals surface area contributed by atoms with Gasteiger partial charge in [0.1, 0.15) is 18.1 Å². The second-order valence-corrected chi connectivity index (χ2v) is 6.90. The lowest BCUT2D eigenvalue weighted by molar-refractivity contribution is -0.118. The molecule has 1 aliphatic heterocycles. The van der Waals surface area contributed by atoms with E-state index in [1.165, 1.54) is 23.1 Å². The van der Waals surface area contributed by atoms with E-state index in [0.29, 0.717) is 28.0 Å². The fourth-order valence-corrected chi connectivity index (χ4v) is 3.35. The smallest absolute Gasteiger partial charge is 0.291 e. The molecule has 0 bridgehead atoms. The third-order valence-electron chi connectivity index (χ3n) is 4.46. The van der Waals surface area contributed by atoms with E-state index in [9.17, 15) is 19.2 Å². The highest BCUT2D eigenvalue weighted by Gasteiger charge is 2.28. The van der Waals surface area contributed by atoms with E-state index >= 15 is 0 Å². The van der Waals surface area contributed by atoms with Gasteiger partial charge in [0.2, 0.25) is 5.91 Å². The quantitative estimate of drug-likeness (QED) is 0.712. The zero-order valence-corrected chi connectivity index (χ0v) is 15.7. The summed E-state index contributed by atoms with van der Waals surface area (Å²) in [6.07, 6.45) is 0. The van der Waals surface area contributed by atoms with Crippen molar-refractivity contribution in [1.82, 2.24) is 10.2 Å². The molecule has 0 saturated carbocycles. The largest absolute Gasteiger partial charge is 0.450 e. The van der Waals surface area contributed by atoms with Crippen molar-refractivity contribution in [2.24, 2.45) is 0 Å². The summed E-state index contributed by atoms with van der Waals surface area (Å²) in [6, 6.07) is 14.2. The lowest BCUT2D eigenvalue weighted by atomic mass is 10.0. The molecule has 0 atom stereocenters. The number of nitriles is 1. The van der Waals surface area contributed by atoms with E-state index in [0.717, 1.165) is 0 Å². The molecule has 8 heteroatoms. The highest BCUT2D eigenvalue weighted by molar-refractivity contribution is 6.30. The van der Waals surface area contributed by atoms with Gasteiger partial charge in [-0.25, -0.2) is 4.39 Å². The van der Waals surface area contributed by atoms with Gasteiger partial charge in [0.25, 0.3) is 5.91 Å². The number of amides is 2. The van der Waals surface area contributed by atoms with Crippen molar-refractivity contribution in [2.45, 2.75) is 0 Å². The Balaban J connectivity index is 1.85. The highest BCUT2D eigenvalue weighted by atomic mass is 35.5. The van der Waals surface area contributed by atoms with Crippen molar-refractivity contribution >= 4 is 23.4 Å². The first-order valence-electron chi connectivity index (χ1n) is 8.61. The number of rotatable bonds is 3. The van der Waals surface area contributed by atoms with Crippen LogP contribution < -0.4 is 5.32 Å². The van der Waals surface area contributed by atoms with Gasteiger partial charge in [0.05, 0.1) is 18.3 Å². The first-order chi connectivity index (χ1) is 13.9. The van der Waals surface area contributed by atoms with Crippen LogP contribution in [0.1, 0.15) is 16.1 Å². The molecule has 6 nitrogen and oxygen atoms in total. The number of halogens is 2. The molecule has 2 aromatic carbocycles. The summed E-state index contributed by atoms with van der Waals surface area (Å²) in [5, 5.41) is 11.9. The van der Waals surface area contributed by atoms with Crippen molar-refractivity contribution in [3.63, 3.8) is 0 Å². The van der Waals surface area contributed by atoms with E-state index in [2.05, 4.69) is 11.4 Å². The average molecular weight is 410 g/mol. The van der Waals surface area contributed by atoms with Gasteiger partial charge in [-0.2, -0.15) is 5.26 Å². The van der Waals surface area contributed by atoms with Gasteiger partial charge in [-0.1, -0.05) is 23.7 Å². The molecular weight excluding hydrogens is 397 g/mol. The Morgan fingerprint density at radius 3 is 2.72 bits per heavy atom. The molecule has 0 unspecified atom stereocenters. The SMILES string of the molecule is N#Cc1cccc(-c2oc(C(=O)N3CNC(=O)C3)cc2-c2cc(F)cc(Cl)c2)c1. The van der Waals surface area contributed by atoms with Crippen LogP contribution in [-0.4, -0.2) is 29.9 Å². The first-order valence-corrected chi connectivity index (χ1v) is 8.99. The molecule has 0 spiro atoms. The highest BCUT2D eigenvalue weighted by Crippen LogP contribution is 2.37. The van der Waals surface area contributed by atoms with Crippen molar-refractivity contribution in [1.29, 1.82) is 5.26 Å². The number of furan rings is 1. The van der Waals surface area contributed by atoms with Crippen molar-refractivity contribution in [2.75, 3.05) is 13.2 Å². The predicted octanol–water partition coefficient (Wildman–Crippen LogP) is 3.81. The van der Waals surface area contributed by atoms with E-state index in [1.807, 2.05) is 0 Å². The zero-order chi connectivity index (χ0) is 20.5. The molecule has 4 rings (SSSR count). The second-order valence-electron chi connectivity index (χ2n) is 6.47. The number of hydrogen-bond donors (Lipinski definition) is 1. The van der Waals surface area contributed by atoms with Crippen molar-refractivity contribution in [3.05, 3.63) is 70.7 Å². The molecule has 1 saturated heterocycles. The van der Waals surface area contributed by atoms with Crippen LogP contribution in [0.4, 0.5) is 4.39 Å². The van der Waals surface area contributed by atoms with Gasteiger partial charge in [-0.05, 0) is 42.0 Å². The number of nitrogens with zero attached hydrogens (tertiary/aromatic N) is 2. The minimum absolute atomic E-state index is 0.00533. The number of carbonyl (C=O) groups excluding carboxylic acids is 2. The Labute approximate surface area is 170 Å². The number of nitrogens with one attached hydrogen (secondary N) is 1. The fourth-order valence-electron chi connectivity index (χ4n) is 3.13. The third kappa shape index (κ3) is 3.71. The third-order valence-corrected chi connectivity index (χ3v) is 4.68. The Hall–Kier alpha value is -3.63. The topological polar surface area (TPSA) is 86.3 Å². The predicted molar refractivity (Wildman–Crippen MR) is 103 cm³/mol. The summed E-state index contributed by atoms with van der Waals surface area (Å²) in [7, 11) is 0. The molecule has 0 aliphatic carbocycles. The van der Waals surface area contributed by atoms with E-state index in [-0.39, 0.29) is 29.9 Å². The lowest BCUT2D eigenvalue weighted by Gasteiger charge is -2.10. The summed E-state index contributed by atoms with van der Waals surface area (Å²) in [4.78, 5) is 25.5. The van der Waals surface area contributed by atoms with Gasteiger partial charge in [0, 0.05) is 16.1 Å². The summed E-state index contributed by atoms with van der Waals surface area (Å²) in [6.45, 7) is 0.0126. The van der Waals surface area contributed by atoms with Gasteiger partial charge >= 0.3 is 0 Å². The summed E-state index contributed by atoms with van der Waals surface area (Å²) >= 11 is 6.00. The zero-order valence-electron chi connectivity index (χ0n) is 14.9. The Kier molecular flexibility index (Phi) is 4.79. The maximum absolute atomic E-state index is 13.9. The average Bonchev–Trinajstić information content (AvgIpc) is 3.33. The van der Waals surface area contributed by atoms with Gasteiger partial charge in [-0.3, -0.25) is 9.59 Å². The summed E-state index contributed by atoms with van der Waals surface area (Å²) in [5.74, 6) is -0.980.